The molecule has 0 saturated carbocycles. The summed E-state index contributed by atoms with van der Waals surface area (Å²) in [6.07, 6.45) is 0. The Balaban J connectivity index is 2.10. The van der Waals surface area contributed by atoms with Crippen molar-refractivity contribution in [2.45, 2.75) is 26.4 Å². The van der Waals surface area contributed by atoms with Crippen molar-refractivity contribution in [3.05, 3.63) is 63.2 Å². The monoisotopic (exact) mass is 462 g/mol. The quantitative estimate of drug-likeness (QED) is 0.451. The molecule has 1 aromatic heterocycles. The van der Waals surface area contributed by atoms with Crippen LogP contribution in [-0.4, -0.2) is 22.0 Å². The Morgan fingerprint density at radius 3 is 2.35 bits per heavy atom. The number of esters is 1. The highest BCUT2D eigenvalue weighted by atomic mass is 127. The van der Waals surface area contributed by atoms with Crippen LogP contribution < -0.4 is 5.73 Å². The molecule has 0 aliphatic carbocycles. The Morgan fingerprint density at radius 2 is 1.73 bits per heavy atom. The summed E-state index contributed by atoms with van der Waals surface area (Å²) in [5.74, 6) is -0.281. The van der Waals surface area contributed by atoms with E-state index >= 15 is 0 Å². The molecule has 5 nitrogen and oxygen atoms in total. The van der Waals surface area contributed by atoms with Gasteiger partial charge >= 0.3 is 5.97 Å². The van der Waals surface area contributed by atoms with Gasteiger partial charge in [0, 0.05) is 14.5 Å². The molecule has 0 atom stereocenters. The van der Waals surface area contributed by atoms with E-state index in [1.54, 1.807) is 42.5 Å². The molecular formula is C20H19IN2O3. The van der Waals surface area contributed by atoms with E-state index in [1.165, 1.54) is 4.57 Å². The van der Waals surface area contributed by atoms with Crippen molar-refractivity contribution >= 4 is 51.2 Å². The maximum atomic E-state index is 12.8. The normalized spacial score (nSPS) is 11.5. The first-order valence-electron chi connectivity index (χ1n) is 8.11. The molecule has 0 saturated heterocycles. The third-order valence-corrected chi connectivity index (χ3v) is 4.95. The van der Waals surface area contributed by atoms with Crippen molar-refractivity contribution in [3.8, 4) is 0 Å². The number of nitrogens with two attached hydrogens (primary N) is 1. The van der Waals surface area contributed by atoms with Gasteiger partial charge in [-0.2, -0.15) is 0 Å². The lowest BCUT2D eigenvalue weighted by Gasteiger charge is -2.20. The molecule has 3 rings (SSSR count). The maximum Gasteiger partial charge on any atom is 0.339 e. The molecule has 134 valence electrons. The number of carbonyl (C=O) groups excluding carboxylic acids is 2. The first kappa shape index (κ1) is 18.4. The molecule has 2 N–H and O–H groups in total. The Kier molecular flexibility index (Phi) is 4.79. The number of halogens is 1. The number of aromatic nitrogens is 1. The van der Waals surface area contributed by atoms with Gasteiger partial charge in [0.2, 0.25) is 0 Å². The number of ether oxygens (including phenoxy) is 1. The van der Waals surface area contributed by atoms with Gasteiger partial charge in [-0.1, -0.05) is 18.2 Å². The van der Waals surface area contributed by atoms with Crippen LogP contribution in [0.1, 0.15) is 41.5 Å². The van der Waals surface area contributed by atoms with Crippen molar-refractivity contribution in [1.29, 1.82) is 0 Å². The molecule has 2 aromatic carbocycles. The van der Waals surface area contributed by atoms with E-state index in [0.717, 1.165) is 5.39 Å². The molecule has 0 aliphatic rings. The van der Waals surface area contributed by atoms with Crippen LogP contribution in [0.25, 0.3) is 10.9 Å². The van der Waals surface area contributed by atoms with Gasteiger partial charge in [0.25, 0.3) is 5.91 Å². The molecule has 0 bridgehead atoms. The molecular weight excluding hydrogens is 443 g/mol. The number of hydrogen-bond donors (Lipinski definition) is 1. The molecule has 26 heavy (non-hydrogen) atoms. The number of carbonyl (C=O) groups is 2. The van der Waals surface area contributed by atoms with Gasteiger partial charge in [-0.05, 0) is 73.7 Å². The molecule has 0 aliphatic heterocycles. The predicted octanol–water partition coefficient (Wildman–Crippen LogP) is 4.47. The van der Waals surface area contributed by atoms with E-state index in [1.807, 2.05) is 26.8 Å². The molecule has 0 spiro atoms. The van der Waals surface area contributed by atoms with Crippen molar-refractivity contribution in [1.82, 2.24) is 4.57 Å². The van der Waals surface area contributed by atoms with E-state index in [2.05, 4.69) is 22.6 Å². The van der Waals surface area contributed by atoms with E-state index in [0.29, 0.717) is 26.0 Å². The predicted molar refractivity (Wildman–Crippen MR) is 110 cm³/mol. The van der Waals surface area contributed by atoms with Crippen molar-refractivity contribution in [2.75, 3.05) is 5.73 Å². The minimum absolute atomic E-state index is 0.209. The number of rotatable bonds is 2. The third-order valence-electron chi connectivity index (χ3n) is 3.79. The SMILES string of the molecule is CC(C)(C)OC(=O)c1ccc2c(cc(N)n2C(=O)c2ccccc2)c1I. The fraction of sp³-hybridized carbons (Fsp3) is 0.200. The second-order valence-electron chi connectivity index (χ2n) is 6.94. The summed E-state index contributed by atoms with van der Waals surface area (Å²) in [6, 6.07) is 14.1. The van der Waals surface area contributed by atoms with Crippen molar-refractivity contribution in [2.24, 2.45) is 0 Å². The van der Waals surface area contributed by atoms with Gasteiger partial charge in [0.05, 0.1) is 11.1 Å². The third kappa shape index (κ3) is 3.46. The molecule has 3 aromatic rings. The molecule has 6 heteroatoms. The standard InChI is InChI=1S/C20H19IN2O3/c1-20(2,3)26-19(25)13-9-10-15-14(17(13)21)11-16(22)23(15)18(24)12-7-5-4-6-8-12/h4-11H,22H2,1-3H3. The summed E-state index contributed by atoms with van der Waals surface area (Å²) in [5.41, 5.74) is 7.19. The minimum atomic E-state index is -0.580. The van der Waals surface area contributed by atoms with Gasteiger partial charge in [0.1, 0.15) is 11.4 Å². The highest BCUT2D eigenvalue weighted by Crippen LogP contribution is 2.30. The zero-order valence-electron chi connectivity index (χ0n) is 14.7. The molecule has 0 radical (unpaired) electrons. The first-order valence-corrected chi connectivity index (χ1v) is 9.19. The average molecular weight is 462 g/mol. The van der Waals surface area contributed by atoms with E-state index in [4.69, 9.17) is 10.5 Å². The largest absolute Gasteiger partial charge is 0.456 e. The number of benzene rings is 2. The van der Waals surface area contributed by atoms with Crippen molar-refractivity contribution in [3.63, 3.8) is 0 Å². The number of nitrogens with zero attached hydrogens (tertiary/aromatic N) is 1. The summed E-state index contributed by atoms with van der Waals surface area (Å²) < 4.78 is 7.63. The number of nitrogen functional groups attached to an aromatic ring is 1. The second-order valence-corrected chi connectivity index (χ2v) is 8.02. The minimum Gasteiger partial charge on any atom is -0.456 e. The Hall–Kier alpha value is -2.35. The lowest BCUT2D eigenvalue weighted by atomic mass is 10.1. The first-order chi connectivity index (χ1) is 12.2. The highest BCUT2D eigenvalue weighted by Gasteiger charge is 2.23. The lowest BCUT2D eigenvalue weighted by molar-refractivity contribution is 0.00684. The summed E-state index contributed by atoms with van der Waals surface area (Å²) in [4.78, 5) is 25.3. The number of anilines is 1. The smallest absolute Gasteiger partial charge is 0.339 e. The Morgan fingerprint density at radius 1 is 1.08 bits per heavy atom. The number of fused-ring (bicyclic) bond motifs is 1. The van der Waals surface area contributed by atoms with Crippen LogP contribution in [0.2, 0.25) is 0 Å². The summed E-state index contributed by atoms with van der Waals surface area (Å²) in [5, 5.41) is 0.746. The van der Waals surface area contributed by atoms with E-state index in [-0.39, 0.29) is 5.91 Å². The van der Waals surface area contributed by atoms with Gasteiger partial charge in [0.15, 0.2) is 0 Å². The number of hydrogen-bond acceptors (Lipinski definition) is 4. The molecule has 0 fully saturated rings. The van der Waals surface area contributed by atoms with Crippen LogP contribution in [0.5, 0.6) is 0 Å². The summed E-state index contributed by atoms with van der Waals surface area (Å²) >= 11 is 2.09. The van der Waals surface area contributed by atoms with Crippen molar-refractivity contribution < 1.29 is 14.3 Å². The highest BCUT2D eigenvalue weighted by molar-refractivity contribution is 14.1. The Bertz CT molecular complexity index is 1000. The molecule has 0 unspecified atom stereocenters. The van der Waals surface area contributed by atoms with Gasteiger partial charge < -0.3 is 10.5 Å². The fourth-order valence-electron chi connectivity index (χ4n) is 2.69. The van der Waals surface area contributed by atoms with E-state index in [9.17, 15) is 9.59 Å². The van der Waals surface area contributed by atoms with Crippen LogP contribution >= 0.6 is 22.6 Å². The maximum absolute atomic E-state index is 12.8. The Labute approximate surface area is 165 Å². The van der Waals surface area contributed by atoms with Crippen LogP contribution in [0.15, 0.2) is 48.5 Å². The summed E-state index contributed by atoms with van der Waals surface area (Å²) in [6.45, 7) is 5.47. The summed E-state index contributed by atoms with van der Waals surface area (Å²) in [7, 11) is 0. The van der Waals surface area contributed by atoms with Crippen LogP contribution in [0.4, 0.5) is 5.82 Å². The van der Waals surface area contributed by atoms with Gasteiger partial charge in [-0.15, -0.1) is 0 Å². The van der Waals surface area contributed by atoms with Crippen LogP contribution in [0.3, 0.4) is 0 Å². The average Bonchev–Trinajstić information content (AvgIpc) is 2.90. The van der Waals surface area contributed by atoms with Gasteiger partial charge in [-0.3, -0.25) is 9.36 Å². The molecule has 1 heterocycles. The fourth-order valence-corrected chi connectivity index (χ4v) is 3.53. The zero-order valence-corrected chi connectivity index (χ0v) is 16.9. The zero-order chi connectivity index (χ0) is 19.1. The van der Waals surface area contributed by atoms with Crippen LogP contribution in [-0.2, 0) is 4.74 Å². The van der Waals surface area contributed by atoms with Gasteiger partial charge in [-0.25, -0.2) is 4.79 Å². The van der Waals surface area contributed by atoms with Crippen LogP contribution in [0, 0.1) is 3.57 Å². The molecule has 0 amide bonds. The second kappa shape index (κ2) is 6.75. The lowest BCUT2D eigenvalue weighted by Crippen LogP contribution is -2.24. The topological polar surface area (TPSA) is 74.3 Å². The van der Waals surface area contributed by atoms with E-state index < -0.39 is 11.6 Å².